The van der Waals surface area contributed by atoms with E-state index in [-0.39, 0.29) is 17.2 Å². The monoisotopic (exact) mass is 434 g/mol. The maximum absolute atomic E-state index is 12.7. The van der Waals surface area contributed by atoms with Gasteiger partial charge in [0.25, 0.3) is 11.1 Å². The second-order valence-corrected chi connectivity index (χ2v) is 8.95. The standard InChI is InChI=1S/C25H26N2O3S/c1-17(2)27-24(28)23(31-25(27)29)15-19-16-26(22-8-5-4-7-21(19)22)13-6-14-30-20-11-9-18(3)10-12-20/h4-5,7-12,15-17H,6,13-14H2,1-3H3/b23-15-. The van der Waals surface area contributed by atoms with E-state index in [1.807, 2.05) is 62.4 Å². The van der Waals surface area contributed by atoms with Crippen molar-refractivity contribution < 1.29 is 14.3 Å². The molecule has 0 unspecified atom stereocenters. The zero-order valence-corrected chi connectivity index (χ0v) is 18.8. The number of hydrogen-bond donors (Lipinski definition) is 0. The molecular formula is C25H26N2O3S. The lowest BCUT2D eigenvalue weighted by atomic mass is 10.1. The van der Waals surface area contributed by atoms with Crippen LogP contribution in [0.3, 0.4) is 0 Å². The zero-order chi connectivity index (χ0) is 22.0. The molecule has 0 bridgehead atoms. The van der Waals surface area contributed by atoms with E-state index in [0.717, 1.165) is 46.9 Å². The molecule has 1 aromatic heterocycles. The van der Waals surface area contributed by atoms with Crippen LogP contribution in [0.2, 0.25) is 0 Å². The number of carbonyl (C=O) groups excluding carboxylic acids is 2. The Bertz CT molecular complexity index is 1150. The van der Waals surface area contributed by atoms with Crippen LogP contribution in [-0.4, -0.2) is 33.3 Å². The number of benzene rings is 2. The fourth-order valence-electron chi connectivity index (χ4n) is 3.70. The average Bonchev–Trinajstić information content (AvgIpc) is 3.23. The molecule has 1 aliphatic heterocycles. The Balaban J connectivity index is 1.50. The number of nitrogens with zero attached hydrogens (tertiary/aromatic N) is 2. The minimum Gasteiger partial charge on any atom is -0.494 e. The highest BCUT2D eigenvalue weighted by atomic mass is 32.2. The molecule has 1 aliphatic rings. The third kappa shape index (κ3) is 4.54. The molecule has 1 saturated heterocycles. The Morgan fingerprint density at radius 2 is 1.81 bits per heavy atom. The van der Waals surface area contributed by atoms with Gasteiger partial charge < -0.3 is 9.30 Å². The van der Waals surface area contributed by atoms with E-state index in [1.165, 1.54) is 10.5 Å². The molecule has 0 spiro atoms. The molecule has 31 heavy (non-hydrogen) atoms. The maximum Gasteiger partial charge on any atom is 0.293 e. The van der Waals surface area contributed by atoms with Gasteiger partial charge in [0, 0.05) is 35.2 Å². The van der Waals surface area contributed by atoms with Gasteiger partial charge in [0.05, 0.1) is 11.5 Å². The van der Waals surface area contributed by atoms with Crippen molar-refractivity contribution in [1.29, 1.82) is 0 Å². The lowest BCUT2D eigenvalue weighted by Crippen LogP contribution is -2.34. The number of para-hydroxylation sites is 1. The largest absolute Gasteiger partial charge is 0.494 e. The van der Waals surface area contributed by atoms with Crippen LogP contribution in [0.25, 0.3) is 17.0 Å². The van der Waals surface area contributed by atoms with Gasteiger partial charge >= 0.3 is 0 Å². The molecule has 1 fully saturated rings. The Morgan fingerprint density at radius 3 is 2.52 bits per heavy atom. The summed E-state index contributed by atoms with van der Waals surface area (Å²) in [7, 11) is 0. The fourth-order valence-corrected chi connectivity index (χ4v) is 4.65. The summed E-state index contributed by atoms with van der Waals surface area (Å²) in [6.45, 7) is 7.18. The van der Waals surface area contributed by atoms with E-state index in [9.17, 15) is 9.59 Å². The molecule has 0 radical (unpaired) electrons. The molecular weight excluding hydrogens is 408 g/mol. The summed E-state index contributed by atoms with van der Waals surface area (Å²) in [6, 6.07) is 16.0. The summed E-state index contributed by atoms with van der Waals surface area (Å²) in [4.78, 5) is 26.7. The number of imide groups is 1. The van der Waals surface area contributed by atoms with E-state index in [4.69, 9.17) is 4.74 Å². The number of aryl methyl sites for hydroxylation is 2. The van der Waals surface area contributed by atoms with Crippen molar-refractivity contribution in [1.82, 2.24) is 9.47 Å². The number of thioether (sulfide) groups is 1. The van der Waals surface area contributed by atoms with Crippen molar-refractivity contribution in [3.05, 3.63) is 70.8 Å². The van der Waals surface area contributed by atoms with Crippen molar-refractivity contribution >= 4 is 39.9 Å². The second kappa shape index (κ2) is 9.02. The summed E-state index contributed by atoms with van der Waals surface area (Å²) in [5.74, 6) is 0.665. The molecule has 0 N–H and O–H groups in total. The number of carbonyl (C=O) groups is 2. The minimum atomic E-state index is -0.215. The molecule has 2 aromatic carbocycles. The lowest BCUT2D eigenvalue weighted by molar-refractivity contribution is -0.123. The highest BCUT2D eigenvalue weighted by Crippen LogP contribution is 2.35. The first kappa shape index (κ1) is 21.2. The van der Waals surface area contributed by atoms with Crippen molar-refractivity contribution in [2.75, 3.05) is 6.61 Å². The van der Waals surface area contributed by atoms with E-state index in [1.54, 1.807) is 0 Å². The van der Waals surface area contributed by atoms with Gasteiger partial charge in [-0.1, -0.05) is 35.9 Å². The van der Waals surface area contributed by atoms with Crippen LogP contribution in [0.1, 0.15) is 31.4 Å². The predicted molar refractivity (Wildman–Crippen MR) is 126 cm³/mol. The van der Waals surface area contributed by atoms with Gasteiger partial charge in [-0.2, -0.15) is 0 Å². The van der Waals surface area contributed by atoms with E-state index >= 15 is 0 Å². The number of aromatic nitrogens is 1. The Labute approximate surface area is 186 Å². The second-order valence-electron chi connectivity index (χ2n) is 7.96. The van der Waals surface area contributed by atoms with Crippen molar-refractivity contribution in [3.63, 3.8) is 0 Å². The molecule has 3 aromatic rings. The SMILES string of the molecule is Cc1ccc(OCCCn2cc(/C=C3\SC(=O)N(C(C)C)C3=O)c3ccccc32)cc1. The molecule has 0 atom stereocenters. The average molecular weight is 435 g/mol. The van der Waals surface area contributed by atoms with Crippen LogP contribution in [0, 0.1) is 6.92 Å². The maximum atomic E-state index is 12.7. The lowest BCUT2D eigenvalue weighted by Gasteiger charge is -2.16. The van der Waals surface area contributed by atoms with Crippen LogP contribution >= 0.6 is 11.8 Å². The predicted octanol–water partition coefficient (Wildman–Crippen LogP) is 5.86. The normalized spacial score (nSPS) is 15.6. The topological polar surface area (TPSA) is 51.5 Å². The summed E-state index contributed by atoms with van der Waals surface area (Å²) in [6.07, 6.45) is 4.75. The van der Waals surface area contributed by atoms with Crippen LogP contribution in [-0.2, 0) is 11.3 Å². The van der Waals surface area contributed by atoms with Crippen LogP contribution in [0.15, 0.2) is 59.6 Å². The molecule has 0 saturated carbocycles. The van der Waals surface area contributed by atoms with Crippen molar-refractivity contribution in [2.24, 2.45) is 0 Å². The van der Waals surface area contributed by atoms with Gasteiger partial charge in [0.15, 0.2) is 0 Å². The summed E-state index contributed by atoms with van der Waals surface area (Å²) in [5, 5.41) is 0.863. The molecule has 5 nitrogen and oxygen atoms in total. The molecule has 2 heterocycles. The summed E-state index contributed by atoms with van der Waals surface area (Å²) < 4.78 is 8.04. The van der Waals surface area contributed by atoms with E-state index in [0.29, 0.717) is 11.5 Å². The molecule has 4 rings (SSSR count). The molecule has 0 aliphatic carbocycles. The highest BCUT2D eigenvalue weighted by molar-refractivity contribution is 8.18. The highest BCUT2D eigenvalue weighted by Gasteiger charge is 2.36. The van der Waals surface area contributed by atoms with E-state index < -0.39 is 0 Å². The number of amides is 2. The van der Waals surface area contributed by atoms with Gasteiger partial charge in [0.2, 0.25) is 0 Å². The number of ether oxygens (including phenoxy) is 1. The van der Waals surface area contributed by atoms with E-state index in [2.05, 4.69) is 23.8 Å². The molecule has 2 amide bonds. The van der Waals surface area contributed by atoms with Crippen molar-refractivity contribution in [2.45, 2.75) is 39.8 Å². The van der Waals surface area contributed by atoms with Gasteiger partial charge in [-0.05, 0) is 63.2 Å². The number of rotatable bonds is 7. The Hall–Kier alpha value is -2.99. The quantitative estimate of drug-likeness (QED) is 0.345. The van der Waals surface area contributed by atoms with Gasteiger partial charge in [-0.25, -0.2) is 0 Å². The van der Waals surface area contributed by atoms with Gasteiger partial charge in [0.1, 0.15) is 5.75 Å². The fraction of sp³-hybridized carbons (Fsp3) is 0.280. The third-order valence-electron chi connectivity index (χ3n) is 5.28. The van der Waals surface area contributed by atoms with Crippen LogP contribution < -0.4 is 4.74 Å². The molecule has 6 heteroatoms. The first-order chi connectivity index (χ1) is 14.9. The first-order valence-electron chi connectivity index (χ1n) is 10.5. The van der Waals surface area contributed by atoms with Crippen LogP contribution in [0.5, 0.6) is 5.75 Å². The minimum absolute atomic E-state index is 0.145. The van der Waals surface area contributed by atoms with Gasteiger partial charge in [-0.3, -0.25) is 14.5 Å². The number of fused-ring (bicyclic) bond motifs is 1. The Kier molecular flexibility index (Phi) is 6.18. The number of hydrogen-bond acceptors (Lipinski definition) is 4. The molecule has 160 valence electrons. The Morgan fingerprint density at radius 1 is 1.06 bits per heavy atom. The van der Waals surface area contributed by atoms with Gasteiger partial charge in [-0.15, -0.1) is 0 Å². The smallest absolute Gasteiger partial charge is 0.293 e. The summed E-state index contributed by atoms with van der Waals surface area (Å²) in [5.41, 5.74) is 3.27. The third-order valence-corrected chi connectivity index (χ3v) is 6.16. The first-order valence-corrected chi connectivity index (χ1v) is 11.3. The zero-order valence-electron chi connectivity index (χ0n) is 18.0. The van der Waals surface area contributed by atoms with Crippen molar-refractivity contribution in [3.8, 4) is 5.75 Å². The van der Waals surface area contributed by atoms with Crippen LogP contribution in [0.4, 0.5) is 4.79 Å². The summed E-state index contributed by atoms with van der Waals surface area (Å²) >= 11 is 1.01.